The Bertz CT molecular complexity index is 83.8. The van der Waals surface area contributed by atoms with Gasteiger partial charge in [0.05, 0.1) is 0 Å². The first-order valence-corrected chi connectivity index (χ1v) is 13.7. The van der Waals surface area contributed by atoms with E-state index < -0.39 is 0.564 Å². The van der Waals surface area contributed by atoms with Crippen LogP contribution in [-0.4, -0.2) is 0.564 Å². The van der Waals surface area contributed by atoms with E-state index in [1.165, 1.54) is 6.42 Å². The lowest BCUT2D eigenvalue weighted by Gasteiger charge is -1.98. The average Bonchev–Trinajstić information content (AvgIpc) is 1.59. The fraction of sp³-hybridized carbons (Fsp3) is 0.500. The summed E-state index contributed by atoms with van der Waals surface area (Å²) < 4.78 is -0.949. The first kappa shape index (κ1) is 10.1. The second kappa shape index (κ2) is 4.89. The van der Waals surface area contributed by atoms with E-state index in [-0.39, 0.29) is 0 Å². The van der Waals surface area contributed by atoms with Crippen molar-refractivity contribution in [2.24, 2.45) is 0 Å². The van der Waals surface area contributed by atoms with Gasteiger partial charge in [0.25, 0.3) is 0.564 Å². The molecule has 0 bridgehead atoms. The van der Waals surface area contributed by atoms with Gasteiger partial charge in [-0.05, 0) is 6.42 Å². The van der Waals surface area contributed by atoms with Gasteiger partial charge in [-0.15, -0.1) is 0 Å². The highest BCUT2D eigenvalue weighted by Gasteiger charge is 2.15. The van der Waals surface area contributed by atoms with E-state index in [0.717, 1.165) is 0 Å². The van der Waals surface area contributed by atoms with Gasteiger partial charge in [0.1, 0.15) is 0 Å². The molecule has 0 atom stereocenters. The SMILES string of the molecule is CCC=C[Si](I)(I)I. The van der Waals surface area contributed by atoms with Crippen LogP contribution in [0.1, 0.15) is 13.3 Å². The Morgan fingerprint density at radius 2 is 1.88 bits per heavy atom. The molecule has 0 rings (SSSR count). The molecule has 0 aromatic heterocycles. The van der Waals surface area contributed by atoms with E-state index in [2.05, 4.69) is 84.1 Å². The summed E-state index contributed by atoms with van der Waals surface area (Å²) in [6.07, 6.45) is 3.42. The zero-order valence-electron chi connectivity index (χ0n) is 4.50. The highest BCUT2D eigenvalue weighted by atomic mass is 127. The standard InChI is InChI=1S/C4H7I3Si/c1-2-3-4-8(5,6)7/h3-4H,2H2,1H3. The van der Waals surface area contributed by atoms with Gasteiger partial charge in [0, 0.05) is 0 Å². The smallest absolute Gasteiger partial charge is 0.0904 e. The van der Waals surface area contributed by atoms with Crippen molar-refractivity contribution < 1.29 is 0 Å². The van der Waals surface area contributed by atoms with Crippen molar-refractivity contribution in [1.29, 1.82) is 0 Å². The van der Waals surface area contributed by atoms with Gasteiger partial charge in [-0.25, -0.2) is 0 Å². The van der Waals surface area contributed by atoms with Gasteiger partial charge in [-0.1, -0.05) is 84.1 Å². The van der Waals surface area contributed by atoms with Crippen molar-refractivity contribution in [3.63, 3.8) is 0 Å². The fourth-order valence-electron chi connectivity index (χ4n) is 0.251. The Morgan fingerprint density at radius 1 is 1.38 bits per heavy atom. The van der Waals surface area contributed by atoms with Crippen molar-refractivity contribution in [3.8, 4) is 0 Å². The Hall–Kier alpha value is 2.15. The van der Waals surface area contributed by atoms with Gasteiger partial charge in [0.2, 0.25) is 0 Å². The monoisotopic (exact) mass is 464 g/mol. The van der Waals surface area contributed by atoms with E-state index in [9.17, 15) is 0 Å². The molecule has 8 heavy (non-hydrogen) atoms. The molecule has 4 heteroatoms. The molecule has 0 aliphatic heterocycles. The minimum Gasteiger partial charge on any atom is -0.0904 e. The molecule has 0 aliphatic rings. The Balaban J connectivity index is 3.52. The quantitative estimate of drug-likeness (QED) is 0.332. The Kier molecular flexibility index (Phi) is 6.20. The molecule has 0 aromatic rings. The number of allylic oxidation sites excluding steroid dienone is 1. The molecule has 0 N–H and O–H groups in total. The van der Waals surface area contributed by atoms with Gasteiger partial charge in [0.15, 0.2) is 0 Å². The second-order valence-electron chi connectivity index (χ2n) is 1.35. The summed E-state index contributed by atoms with van der Waals surface area (Å²) in [6, 6.07) is 0. The molecular formula is C4H7I3Si. The van der Waals surface area contributed by atoms with Gasteiger partial charge in [-0.3, -0.25) is 0 Å². The van der Waals surface area contributed by atoms with Crippen LogP contribution >= 0.6 is 65.4 Å². The van der Waals surface area contributed by atoms with Crippen LogP contribution in [0, 0.1) is 0 Å². The highest BCUT2D eigenvalue weighted by Crippen LogP contribution is 2.30. The summed E-state index contributed by atoms with van der Waals surface area (Å²) in [5, 5.41) is 0. The minimum atomic E-state index is -0.949. The maximum atomic E-state index is 2.53. The van der Waals surface area contributed by atoms with Crippen LogP contribution in [0.25, 0.3) is 0 Å². The molecule has 0 saturated carbocycles. The first-order chi connectivity index (χ1) is 3.56. The molecular weight excluding hydrogens is 457 g/mol. The summed E-state index contributed by atoms with van der Waals surface area (Å²) in [4.78, 5) is 0. The molecule has 0 nitrogen and oxygen atoms in total. The van der Waals surface area contributed by atoms with Crippen LogP contribution < -0.4 is 0 Å². The molecule has 48 valence electrons. The first-order valence-electron chi connectivity index (χ1n) is 2.30. The van der Waals surface area contributed by atoms with E-state index in [1.54, 1.807) is 0 Å². The molecule has 0 heterocycles. The van der Waals surface area contributed by atoms with Crippen molar-refractivity contribution in [2.45, 2.75) is 13.3 Å². The molecule has 0 amide bonds. The highest BCUT2D eigenvalue weighted by molar-refractivity contribution is 14.4. The van der Waals surface area contributed by atoms with Crippen LogP contribution in [0.5, 0.6) is 0 Å². The summed E-state index contributed by atoms with van der Waals surface area (Å²) >= 11 is 7.58. The van der Waals surface area contributed by atoms with Crippen molar-refractivity contribution in [2.75, 3.05) is 0 Å². The zero-order chi connectivity index (χ0) is 6.62. The maximum absolute atomic E-state index is 2.53. The summed E-state index contributed by atoms with van der Waals surface area (Å²) in [7, 11) is 0. The van der Waals surface area contributed by atoms with Crippen LogP contribution in [0.3, 0.4) is 0 Å². The predicted octanol–water partition coefficient (Wildman–Crippen LogP) is 3.74. The molecule has 0 fully saturated rings. The normalized spacial score (nSPS) is 13.0. The lowest BCUT2D eigenvalue weighted by atomic mass is 10.5. The van der Waals surface area contributed by atoms with Crippen molar-refractivity contribution in [1.82, 2.24) is 0 Å². The molecule has 0 saturated heterocycles. The van der Waals surface area contributed by atoms with E-state index >= 15 is 0 Å². The van der Waals surface area contributed by atoms with E-state index in [1.807, 2.05) is 0 Å². The number of halogens is 3. The van der Waals surface area contributed by atoms with Crippen molar-refractivity contribution in [3.05, 3.63) is 11.8 Å². The third kappa shape index (κ3) is 8.15. The predicted molar refractivity (Wildman–Crippen MR) is 67.2 cm³/mol. The summed E-state index contributed by atoms with van der Waals surface area (Å²) in [6.45, 7) is 2.17. The third-order valence-electron chi connectivity index (χ3n) is 0.543. The maximum Gasteiger partial charge on any atom is 0.276 e. The Labute approximate surface area is 89.5 Å². The largest absolute Gasteiger partial charge is 0.276 e. The zero-order valence-corrected chi connectivity index (χ0v) is 12.0. The molecule has 0 aromatic carbocycles. The topological polar surface area (TPSA) is 0 Å². The third-order valence-corrected chi connectivity index (χ3v) is 4.39. The van der Waals surface area contributed by atoms with Crippen LogP contribution in [-0.2, 0) is 0 Å². The molecule has 0 radical (unpaired) electrons. The number of hydrogen-bond acceptors (Lipinski definition) is 0. The van der Waals surface area contributed by atoms with E-state index in [4.69, 9.17) is 0 Å². The lowest BCUT2D eigenvalue weighted by molar-refractivity contribution is 1.23. The molecule has 0 unspecified atom stereocenters. The van der Waals surface area contributed by atoms with Crippen LogP contribution in [0.2, 0.25) is 0 Å². The van der Waals surface area contributed by atoms with Crippen LogP contribution in [0.15, 0.2) is 11.8 Å². The average molecular weight is 464 g/mol. The minimum absolute atomic E-state index is 0.949. The number of rotatable bonds is 2. The van der Waals surface area contributed by atoms with Gasteiger partial charge in [-0.2, -0.15) is 0 Å². The second-order valence-corrected chi connectivity index (χ2v) is 36.7. The van der Waals surface area contributed by atoms with Gasteiger partial charge >= 0.3 is 0 Å². The summed E-state index contributed by atoms with van der Waals surface area (Å²) in [5.74, 6) is 0. The van der Waals surface area contributed by atoms with Crippen LogP contribution in [0.4, 0.5) is 0 Å². The van der Waals surface area contributed by atoms with Crippen molar-refractivity contribution >= 4 is 66.0 Å². The number of hydrogen-bond donors (Lipinski definition) is 0. The molecule has 0 aliphatic carbocycles. The summed E-state index contributed by atoms with van der Waals surface area (Å²) in [5.41, 5.74) is 2.34. The van der Waals surface area contributed by atoms with E-state index in [0.29, 0.717) is 0 Å². The Morgan fingerprint density at radius 3 is 2.00 bits per heavy atom. The lowest BCUT2D eigenvalue weighted by Crippen LogP contribution is -1.98. The molecule has 0 spiro atoms. The van der Waals surface area contributed by atoms with Gasteiger partial charge < -0.3 is 0 Å². The fourth-order valence-corrected chi connectivity index (χ4v) is 3.04.